The van der Waals surface area contributed by atoms with Crippen LogP contribution < -0.4 is 5.32 Å². The van der Waals surface area contributed by atoms with E-state index in [2.05, 4.69) is 12.2 Å². The van der Waals surface area contributed by atoms with Crippen LogP contribution in [0.5, 0.6) is 0 Å². The number of nitrogens with zero attached hydrogens (tertiary/aromatic N) is 1. The second-order valence-electron chi connectivity index (χ2n) is 5.87. The van der Waals surface area contributed by atoms with E-state index in [4.69, 9.17) is 0 Å². The highest BCUT2D eigenvalue weighted by molar-refractivity contribution is 5.90. The summed E-state index contributed by atoms with van der Waals surface area (Å²) in [7, 11) is 0. The molecule has 2 aliphatic rings. The third-order valence-corrected chi connectivity index (χ3v) is 4.13. The van der Waals surface area contributed by atoms with Crippen molar-refractivity contribution in [3.63, 3.8) is 0 Å². The summed E-state index contributed by atoms with van der Waals surface area (Å²) in [5.41, 5.74) is 0. The molecular weight excluding hydrogens is 240 g/mol. The molecule has 0 aromatic heterocycles. The number of unbranched alkanes of at least 4 members (excludes halogenated alkanes) is 4. The Morgan fingerprint density at radius 1 is 1.16 bits per heavy atom. The van der Waals surface area contributed by atoms with Gasteiger partial charge in [-0.2, -0.15) is 0 Å². The molecule has 19 heavy (non-hydrogen) atoms. The van der Waals surface area contributed by atoms with E-state index >= 15 is 0 Å². The molecule has 0 spiro atoms. The summed E-state index contributed by atoms with van der Waals surface area (Å²) < 4.78 is 0. The second-order valence-corrected chi connectivity index (χ2v) is 5.87. The quantitative estimate of drug-likeness (QED) is 0.717. The molecule has 1 aliphatic heterocycles. The highest BCUT2D eigenvalue weighted by Crippen LogP contribution is 2.34. The van der Waals surface area contributed by atoms with Crippen LogP contribution in [-0.4, -0.2) is 35.8 Å². The molecule has 1 aliphatic carbocycles. The van der Waals surface area contributed by atoms with Crippen molar-refractivity contribution in [3.05, 3.63) is 0 Å². The van der Waals surface area contributed by atoms with Crippen LogP contribution in [0.3, 0.4) is 0 Å². The van der Waals surface area contributed by atoms with Crippen LogP contribution in [0.25, 0.3) is 0 Å². The van der Waals surface area contributed by atoms with E-state index < -0.39 is 0 Å². The topological polar surface area (TPSA) is 49.4 Å². The maximum Gasteiger partial charge on any atom is 0.245 e. The molecule has 0 aromatic carbocycles. The molecule has 4 heteroatoms. The first-order valence-corrected chi connectivity index (χ1v) is 7.80. The molecule has 1 N–H and O–H groups in total. The Morgan fingerprint density at radius 2 is 1.89 bits per heavy atom. The van der Waals surface area contributed by atoms with Crippen molar-refractivity contribution in [2.24, 2.45) is 5.92 Å². The zero-order valence-electron chi connectivity index (χ0n) is 12.0. The highest BCUT2D eigenvalue weighted by Gasteiger charge is 2.40. The predicted molar refractivity (Wildman–Crippen MR) is 74.6 cm³/mol. The average molecular weight is 266 g/mol. The average Bonchev–Trinajstić information content (AvgIpc) is 3.22. The SMILES string of the molecule is CCCCCCCN1CCC(=O)NC(C2CC2)C1=O. The van der Waals surface area contributed by atoms with Gasteiger partial charge in [-0.3, -0.25) is 9.59 Å². The standard InChI is InChI=1S/C15H26N2O2/c1-2-3-4-5-6-10-17-11-9-13(18)16-14(15(17)19)12-7-8-12/h12,14H,2-11H2,1H3,(H,16,18). The Morgan fingerprint density at radius 3 is 2.58 bits per heavy atom. The van der Waals surface area contributed by atoms with E-state index in [0.29, 0.717) is 18.9 Å². The van der Waals surface area contributed by atoms with Gasteiger partial charge in [0.2, 0.25) is 11.8 Å². The number of carbonyl (C=O) groups is 2. The first kappa shape index (κ1) is 14.4. The fourth-order valence-corrected chi connectivity index (χ4v) is 2.73. The summed E-state index contributed by atoms with van der Waals surface area (Å²) in [4.78, 5) is 26.0. The summed E-state index contributed by atoms with van der Waals surface area (Å²) >= 11 is 0. The van der Waals surface area contributed by atoms with Crippen LogP contribution in [-0.2, 0) is 9.59 Å². The van der Waals surface area contributed by atoms with Crippen molar-refractivity contribution < 1.29 is 9.59 Å². The normalized spacial score (nSPS) is 24.3. The Hall–Kier alpha value is -1.06. The van der Waals surface area contributed by atoms with Crippen LogP contribution in [0.4, 0.5) is 0 Å². The number of hydrogen-bond donors (Lipinski definition) is 1. The van der Waals surface area contributed by atoms with Gasteiger partial charge in [-0.05, 0) is 25.2 Å². The number of hydrogen-bond acceptors (Lipinski definition) is 2. The van der Waals surface area contributed by atoms with E-state index in [1.807, 2.05) is 4.90 Å². The van der Waals surface area contributed by atoms with Crippen LogP contribution in [0.1, 0.15) is 58.3 Å². The third kappa shape index (κ3) is 4.22. The minimum Gasteiger partial charge on any atom is -0.344 e. The summed E-state index contributed by atoms with van der Waals surface area (Å²) in [6.45, 7) is 3.62. The molecule has 0 aromatic rings. The molecule has 108 valence electrons. The second kappa shape index (κ2) is 6.92. The summed E-state index contributed by atoms with van der Waals surface area (Å²) in [6, 6.07) is -0.231. The lowest BCUT2D eigenvalue weighted by Gasteiger charge is -2.24. The van der Waals surface area contributed by atoms with Crippen molar-refractivity contribution in [1.29, 1.82) is 0 Å². The first-order valence-electron chi connectivity index (χ1n) is 7.80. The van der Waals surface area contributed by atoms with Gasteiger partial charge in [-0.25, -0.2) is 0 Å². The summed E-state index contributed by atoms with van der Waals surface area (Å²) in [6.07, 6.45) is 8.65. The first-order chi connectivity index (χ1) is 9.22. The van der Waals surface area contributed by atoms with Crippen molar-refractivity contribution >= 4 is 11.8 Å². The van der Waals surface area contributed by atoms with Gasteiger partial charge in [0.25, 0.3) is 0 Å². The monoisotopic (exact) mass is 266 g/mol. The summed E-state index contributed by atoms with van der Waals surface area (Å²) in [5.74, 6) is 0.597. The molecule has 1 heterocycles. The lowest BCUT2D eigenvalue weighted by molar-refractivity contribution is -0.134. The fourth-order valence-electron chi connectivity index (χ4n) is 2.73. The summed E-state index contributed by atoms with van der Waals surface area (Å²) in [5, 5.41) is 2.90. The van der Waals surface area contributed by atoms with Crippen LogP contribution in [0, 0.1) is 5.92 Å². The van der Waals surface area contributed by atoms with Gasteiger partial charge < -0.3 is 10.2 Å². The van der Waals surface area contributed by atoms with Crippen LogP contribution >= 0.6 is 0 Å². The molecule has 1 saturated heterocycles. The number of amides is 2. The Balaban J connectivity index is 1.80. The lowest BCUT2D eigenvalue weighted by Crippen LogP contribution is -2.46. The lowest BCUT2D eigenvalue weighted by atomic mass is 10.1. The van der Waals surface area contributed by atoms with E-state index in [1.165, 1.54) is 25.7 Å². The zero-order chi connectivity index (χ0) is 13.7. The van der Waals surface area contributed by atoms with Gasteiger partial charge in [0.15, 0.2) is 0 Å². The molecule has 2 fully saturated rings. The van der Waals surface area contributed by atoms with E-state index in [0.717, 1.165) is 25.8 Å². The van der Waals surface area contributed by atoms with E-state index in [1.54, 1.807) is 0 Å². The van der Waals surface area contributed by atoms with Crippen molar-refractivity contribution in [2.75, 3.05) is 13.1 Å². The maximum atomic E-state index is 12.4. The molecule has 1 saturated carbocycles. The van der Waals surface area contributed by atoms with E-state index in [-0.39, 0.29) is 17.9 Å². The molecular formula is C15H26N2O2. The van der Waals surface area contributed by atoms with Gasteiger partial charge in [-0.1, -0.05) is 32.6 Å². The van der Waals surface area contributed by atoms with Crippen molar-refractivity contribution in [2.45, 2.75) is 64.3 Å². The van der Waals surface area contributed by atoms with Gasteiger partial charge in [0.1, 0.15) is 6.04 Å². The Kier molecular flexibility index (Phi) is 5.23. The van der Waals surface area contributed by atoms with E-state index in [9.17, 15) is 9.59 Å². The molecule has 1 atom stereocenters. The van der Waals surface area contributed by atoms with Gasteiger partial charge in [0, 0.05) is 19.5 Å². The van der Waals surface area contributed by atoms with Crippen LogP contribution in [0.15, 0.2) is 0 Å². The van der Waals surface area contributed by atoms with Crippen LogP contribution in [0.2, 0.25) is 0 Å². The smallest absolute Gasteiger partial charge is 0.245 e. The Bertz CT molecular complexity index is 326. The van der Waals surface area contributed by atoms with Gasteiger partial charge in [-0.15, -0.1) is 0 Å². The molecule has 1 unspecified atom stereocenters. The molecule has 2 amide bonds. The number of nitrogens with one attached hydrogen (secondary N) is 1. The van der Waals surface area contributed by atoms with Gasteiger partial charge >= 0.3 is 0 Å². The van der Waals surface area contributed by atoms with Crippen molar-refractivity contribution in [1.82, 2.24) is 10.2 Å². The highest BCUT2D eigenvalue weighted by atomic mass is 16.2. The largest absolute Gasteiger partial charge is 0.344 e. The Labute approximate surface area is 115 Å². The molecule has 0 radical (unpaired) electrons. The van der Waals surface area contributed by atoms with Crippen molar-refractivity contribution in [3.8, 4) is 0 Å². The minimum absolute atomic E-state index is 0.0405. The predicted octanol–water partition coefficient (Wildman–Crippen LogP) is 2.08. The number of rotatable bonds is 7. The number of carbonyl (C=O) groups excluding carboxylic acids is 2. The zero-order valence-corrected chi connectivity index (χ0v) is 12.0. The molecule has 4 nitrogen and oxygen atoms in total. The maximum absolute atomic E-state index is 12.4. The fraction of sp³-hybridized carbons (Fsp3) is 0.867. The minimum atomic E-state index is -0.231. The third-order valence-electron chi connectivity index (χ3n) is 4.13. The molecule has 0 bridgehead atoms. The van der Waals surface area contributed by atoms with Gasteiger partial charge in [0.05, 0.1) is 0 Å². The molecule has 2 rings (SSSR count).